The molecule has 0 radical (unpaired) electrons. The normalized spacial score (nSPS) is 24.2. The molecule has 0 saturated carbocycles. The van der Waals surface area contributed by atoms with Gasteiger partial charge in [-0.1, -0.05) is 0 Å². The van der Waals surface area contributed by atoms with Crippen LogP contribution in [0, 0.1) is 19.8 Å². The van der Waals surface area contributed by atoms with Crippen molar-refractivity contribution < 1.29 is 23.9 Å². The highest BCUT2D eigenvalue weighted by atomic mass is 16.3. The van der Waals surface area contributed by atoms with Gasteiger partial charge in [0.15, 0.2) is 0 Å². The van der Waals surface area contributed by atoms with Gasteiger partial charge in [0.25, 0.3) is 5.91 Å². The molecule has 0 aromatic carbocycles. The minimum atomic E-state index is -0.811. The number of carbonyl (C=O) groups is 3. The fourth-order valence-corrected chi connectivity index (χ4v) is 3.44. The summed E-state index contributed by atoms with van der Waals surface area (Å²) in [5.41, 5.74) is 0.484. The molecule has 2 saturated heterocycles. The van der Waals surface area contributed by atoms with Gasteiger partial charge in [-0.2, -0.15) is 0 Å². The van der Waals surface area contributed by atoms with Gasteiger partial charge < -0.3 is 24.6 Å². The summed E-state index contributed by atoms with van der Waals surface area (Å²) in [6.07, 6.45) is -0.480. The van der Waals surface area contributed by atoms with Crippen LogP contribution in [0.5, 0.6) is 0 Å². The van der Waals surface area contributed by atoms with E-state index in [1.165, 1.54) is 4.90 Å². The minimum Gasteiger partial charge on any atom is -0.466 e. The zero-order valence-electron chi connectivity index (χ0n) is 14.4. The number of hydrogen-bond acceptors (Lipinski definition) is 5. The molecule has 1 aromatic heterocycles. The molecule has 3 rings (SSSR count). The quantitative estimate of drug-likeness (QED) is 0.762. The van der Waals surface area contributed by atoms with Crippen molar-refractivity contribution in [3.8, 4) is 0 Å². The molecule has 25 heavy (non-hydrogen) atoms. The standard InChI is InChI=1S/C17H23N3O5/c1-10-7-12(11(2)25-10)16(23)19-5-3-14(21)13(8-19)17(24)20-6-4-18-15(22)9-20/h7,13-14,21H,3-6,8-9H2,1-2H3,(H,18,22)/t13-,14+/m0/s1. The van der Waals surface area contributed by atoms with Crippen LogP contribution in [-0.2, 0) is 9.59 Å². The lowest BCUT2D eigenvalue weighted by Crippen LogP contribution is -2.57. The van der Waals surface area contributed by atoms with E-state index in [4.69, 9.17) is 4.42 Å². The number of rotatable bonds is 2. The van der Waals surface area contributed by atoms with Crippen molar-refractivity contribution in [1.82, 2.24) is 15.1 Å². The molecule has 0 bridgehead atoms. The fraction of sp³-hybridized carbons (Fsp3) is 0.588. The number of nitrogens with one attached hydrogen (secondary N) is 1. The maximum atomic E-state index is 12.7. The molecule has 2 aliphatic rings. The predicted octanol–water partition coefficient (Wildman–Crippen LogP) is -0.322. The highest BCUT2D eigenvalue weighted by Gasteiger charge is 2.38. The Kier molecular flexibility index (Phi) is 4.80. The molecule has 2 aliphatic heterocycles. The average Bonchev–Trinajstić information content (AvgIpc) is 2.92. The van der Waals surface area contributed by atoms with Gasteiger partial charge in [-0.15, -0.1) is 0 Å². The van der Waals surface area contributed by atoms with Crippen molar-refractivity contribution in [3.63, 3.8) is 0 Å². The molecular weight excluding hydrogens is 326 g/mol. The van der Waals surface area contributed by atoms with E-state index in [-0.39, 0.29) is 30.8 Å². The Balaban J connectivity index is 1.72. The summed E-state index contributed by atoms with van der Waals surface area (Å²) in [7, 11) is 0. The highest BCUT2D eigenvalue weighted by Crippen LogP contribution is 2.23. The lowest BCUT2D eigenvalue weighted by Gasteiger charge is -2.38. The Morgan fingerprint density at radius 1 is 1.28 bits per heavy atom. The van der Waals surface area contributed by atoms with Crippen molar-refractivity contribution in [2.24, 2.45) is 5.92 Å². The summed E-state index contributed by atoms with van der Waals surface area (Å²) in [4.78, 5) is 40.0. The second kappa shape index (κ2) is 6.87. The van der Waals surface area contributed by atoms with E-state index in [2.05, 4.69) is 5.32 Å². The van der Waals surface area contributed by atoms with E-state index in [0.717, 1.165) is 0 Å². The van der Waals surface area contributed by atoms with E-state index in [9.17, 15) is 19.5 Å². The number of hydrogen-bond donors (Lipinski definition) is 2. The van der Waals surface area contributed by atoms with Gasteiger partial charge in [-0.3, -0.25) is 14.4 Å². The van der Waals surface area contributed by atoms with E-state index in [1.54, 1.807) is 24.8 Å². The number of nitrogens with zero attached hydrogens (tertiary/aromatic N) is 2. The van der Waals surface area contributed by atoms with Gasteiger partial charge in [-0.25, -0.2) is 0 Å². The van der Waals surface area contributed by atoms with Crippen LogP contribution in [0.25, 0.3) is 0 Å². The highest BCUT2D eigenvalue weighted by molar-refractivity contribution is 5.96. The summed E-state index contributed by atoms with van der Waals surface area (Å²) in [6.45, 7) is 4.85. The predicted molar refractivity (Wildman–Crippen MR) is 87.8 cm³/mol. The molecule has 0 aliphatic carbocycles. The Morgan fingerprint density at radius 2 is 2.04 bits per heavy atom. The molecule has 0 unspecified atom stereocenters. The molecular formula is C17H23N3O5. The fourth-order valence-electron chi connectivity index (χ4n) is 3.44. The van der Waals surface area contributed by atoms with Gasteiger partial charge in [0.05, 0.1) is 24.1 Å². The average molecular weight is 349 g/mol. The molecule has 8 nitrogen and oxygen atoms in total. The second-order valence-electron chi connectivity index (χ2n) is 6.65. The van der Waals surface area contributed by atoms with Crippen LogP contribution in [0.2, 0.25) is 0 Å². The lowest BCUT2D eigenvalue weighted by molar-refractivity contribution is -0.146. The first-order chi connectivity index (χ1) is 11.9. The van der Waals surface area contributed by atoms with E-state index in [1.807, 2.05) is 0 Å². The van der Waals surface area contributed by atoms with Gasteiger partial charge in [-0.05, 0) is 26.3 Å². The zero-order chi connectivity index (χ0) is 18.1. The molecule has 136 valence electrons. The third-order valence-corrected chi connectivity index (χ3v) is 4.80. The number of furan rings is 1. The zero-order valence-corrected chi connectivity index (χ0v) is 14.4. The van der Waals surface area contributed by atoms with Gasteiger partial charge in [0, 0.05) is 26.2 Å². The first kappa shape index (κ1) is 17.5. The summed E-state index contributed by atoms with van der Waals surface area (Å²) in [5, 5.41) is 12.9. The molecule has 8 heteroatoms. The number of amides is 3. The minimum absolute atomic E-state index is 0.00394. The van der Waals surface area contributed by atoms with Crippen molar-refractivity contribution >= 4 is 17.7 Å². The molecule has 2 atom stereocenters. The van der Waals surface area contributed by atoms with E-state index >= 15 is 0 Å². The van der Waals surface area contributed by atoms with Crippen LogP contribution in [-0.4, -0.2) is 71.5 Å². The van der Waals surface area contributed by atoms with Crippen LogP contribution < -0.4 is 5.32 Å². The Labute approximate surface area is 145 Å². The Bertz CT molecular complexity index is 698. The maximum Gasteiger partial charge on any atom is 0.257 e. The van der Waals surface area contributed by atoms with Crippen molar-refractivity contribution in [1.29, 1.82) is 0 Å². The van der Waals surface area contributed by atoms with E-state index < -0.39 is 12.0 Å². The monoisotopic (exact) mass is 349 g/mol. The van der Waals surface area contributed by atoms with Gasteiger partial charge >= 0.3 is 0 Å². The number of piperazine rings is 1. The lowest BCUT2D eigenvalue weighted by atomic mass is 9.92. The number of aliphatic hydroxyl groups excluding tert-OH is 1. The first-order valence-corrected chi connectivity index (χ1v) is 8.46. The maximum absolute atomic E-state index is 12.7. The molecule has 2 N–H and O–H groups in total. The van der Waals surface area contributed by atoms with Gasteiger partial charge in [0.1, 0.15) is 11.5 Å². The molecule has 3 amide bonds. The summed E-state index contributed by atoms with van der Waals surface area (Å²) in [6, 6.07) is 1.69. The molecule has 3 heterocycles. The topological polar surface area (TPSA) is 103 Å². The number of carbonyl (C=O) groups excluding carboxylic acids is 3. The van der Waals surface area contributed by atoms with E-state index in [0.29, 0.717) is 43.1 Å². The Hall–Kier alpha value is -2.35. The van der Waals surface area contributed by atoms with Crippen LogP contribution in [0.1, 0.15) is 28.3 Å². The SMILES string of the molecule is Cc1cc(C(=O)N2CC[C@@H](O)[C@@H](C(=O)N3CCNC(=O)C3)C2)c(C)o1. The first-order valence-electron chi connectivity index (χ1n) is 8.46. The van der Waals surface area contributed by atoms with Gasteiger partial charge in [0.2, 0.25) is 11.8 Å². The van der Waals surface area contributed by atoms with Crippen LogP contribution in [0.4, 0.5) is 0 Å². The third kappa shape index (κ3) is 3.53. The largest absolute Gasteiger partial charge is 0.466 e. The second-order valence-corrected chi connectivity index (χ2v) is 6.65. The smallest absolute Gasteiger partial charge is 0.257 e. The number of aliphatic hydroxyl groups is 1. The molecule has 2 fully saturated rings. The van der Waals surface area contributed by atoms with Crippen molar-refractivity contribution in [2.75, 3.05) is 32.7 Å². The molecule has 0 spiro atoms. The van der Waals surface area contributed by atoms with Crippen LogP contribution in [0.3, 0.4) is 0 Å². The van der Waals surface area contributed by atoms with Crippen LogP contribution >= 0.6 is 0 Å². The number of piperidine rings is 1. The third-order valence-electron chi connectivity index (χ3n) is 4.80. The van der Waals surface area contributed by atoms with Crippen molar-refractivity contribution in [3.05, 3.63) is 23.2 Å². The summed E-state index contributed by atoms with van der Waals surface area (Å²) < 4.78 is 5.41. The Morgan fingerprint density at radius 3 is 2.68 bits per heavy atom. The summed E-state index contributed by atoms with van der Waals surface area (Å²) in [5.74, 6) is -0.191. The molecule has 1 aromatic rings. The van der Waals surface area contributed by atoms with Crippen LogP contribution in [0.15, 0.2) is 10.5 Å². The number of likely N-dealkylation sites (tertiary alicyclic amines) is 1. The summed E-state index contributed by atoms with van der Waals surface area (Å²) >= 11 is 0. The number of aryl methyl sites for hydroxylation is 2. The van der Waals surface area contributed by atoms with Crippen molar-refractivity contribution in [2.45, 2.75) is 26.4 Å².